The highest BCUT2D eigenvalue weighted by Crippen LogP contribution is 2.29. The van der Waals surface area contributed by atoms with Crippen molar-refractivity contribution in [1.82, 2.24) is 0 Å². The largest absolute Gasteiger partial charge is 0.461 e. The van der Waals surface area contributed by atoms with Gasteiger partial charge in [-0.2, -0.15) is 0 Å². The molecule has 1 atom stereocenters. The molecule has 0 aliphatic carbocycles. The SMILES string of the molecule is O=C(c1ccco1)[C@@H](c1ccccc1)c1ccc(Cl)cc1. The number of rotatable bonds is 4. The molecular formula is C18H13ClO2. The van der Waals surface area contributed by atoms with Crippen molar-refractivity contribution in [3.05, 3.63) is 94.9 Å². The van der Waals surface area contributed by atoms with Crippen LogP contribution < -0.4 is 0 Å². The van der Waals surface area contributed by atoms with Crippen molar-refractivity contribution in [3.63, 3.8) is 0 Å². The van der Waals surface area contributed by atoms with Crippen LogP contribution in [-0.2, 0) is 0 Å². The summed E-state index contributed by atoms with van der Waals surface area (Å²) in [5.41, 5.74) is 1.83. The molecule has 0 aliphatic heterocycles. The van der Waals surface area contributed by atoms with Gasteiger partial charge in [-0.3, -0.25) is 4.79 Å². The number of hydrogen-bond acceptors (Lipinski definition) is 2. The molecule has 0 aliphatic rings. The molecule has 0 fully saturated rings. The topological polar surface area (TPSA) is 30.2 Å². The zero-order valence-corrected chi connectivity index (χ0v) is 12.0. The van der Waals surface area contributed by atoms with Gasteiger partial charge in [0.15, 0.2) is 5.76 Å². The number of benzene rings is 2. The molecule has 0 saturated heterocycles. The van der Waals surface area contributed by atoms with Gasteiger partial charge in [-0.1, -0.05) is 54.1 Å². The fourth-order valence-corrected chi connectivity index (χ4v) is 2.48. The van der Waals surface area contributed by atoms with Crippen molar-refractivity contribution >= 4 is 17.4 Å². The molecule has 0 bridgehead atoms. The van der Waals surface area contributed by atoms with Gasteiger partial charge in [0.25, 0.3) is 0 Å². The molecule has 2 nitrogen and oxygen atoms in total. The van der Waals surface area contributed by atoms with Crippen LogP contribution >= 0.6 is 11.6 Å². The van der Waals surface area contributed by atoms with E-state index >= 15 is 0 Å². The molecule has 3 rings (SSSR count). The molecule has 0 N–H and O–H groups in total. The van der Waals surface area contributed by atoms with Gasteiger partial charge in [-0.05, 0) is 35.4 Å². The molecule has 21 heavy (non-hydrogen) atoms. The molecular weight excluding hydrogens is 284 g/mol. The summed E-state index contributed by atoms with van der Waals surface area (Å²) in [7, 11) is 0. The van der Waals surface area contributed by atoms with Crippen LogP contribution in [0.1, 0.15) is 27.6 Å². The van der Waals surface area contributed by atoms with Gasteiger partial charge in [0.2, 0.25) is 5.78 Å². The van der Waals surface area contributed by atoms with Crippen molar-refractivity contribution in [2.75, 3.05) is 0 Å². The third-order valence-electron chi connectivity index (χ3n) is 3.36. The maximum Gasteiger partial charge on any atom is 0.209 e. The molecule has 0 radical (unpaired) electrons. The normalized spacial score (nSPS) is 12.0. The average Bonchev–Trinajstić information content (AvgIpc) is 3.05. The van der Waals surface area contributed by atoms with Gasteiger partial charge < -0.3 is 4.42 Å². The first-order chi connectivity index (χ1) is 10.3. The number of halogens is 1. The van der Waals surface area contributed by atoms with Crippen LogP contribution in [0.15, 0.2) is 77.4 Å². The van der Waals surface area contributed by atoms with Crippen molar-refractivity contribution in [2.45, 2.75) is 5.92 Å². The van der Waals surface area contributed by atoms with Crippen LogP contribution in [0.25, 0.3) is 0 Å². The smallest absolute Gasteiger partial charge is 0.209 e. The summed E-state index contributed by atoms with van der Waals surface area (Å²) in [5, 5.41) is 0.649. The van der Waals surface area contributed by atoms with E-state index in [0.29, 0.717) is 10.8 Å². The Morgan fingerprint density at radius 3 is 2.14 bits per heavy atom. The lowest BCUT2D eigenvalue weighted by Crippen LogP contribution is -2.13. The molecule has 0 spiro atoms. The zero-order valence-electron chi connectivity index (χ0n) is 11.2. The lowest BCUT2D eigenvalue weighted by molar-refractivity contribution is 0.0947. The molecule has 3 aromatic rings. The lowest BCUT2D eigenvalue weighted by atomic mass is 9.87. The minimum atomic E-state index is -0.394. The number of carbonyl (C=O) groups is 1. The number of carbonyl (C=O) groups excluding carboxylic acids is 1. The highest BCUT2D eigenvalue weighted by molar-refractivity contribution is 6.30. The third kappa shape index (κ3) is 2.91. The van der Waals surface area contributed by atoms with Gasteiger partial charge >= 0.3 is 0 Å². The minimum Gasteiger partial charge on any atom is -0.461 e. The van der Waals surface area contributed by atoms with Gasteiger partial charge in [-0.15, -0.1) is 0 Å². The van der Waals surface area contributed by atoms with Crippen molar-refractivity contribution in [1.29, 1.82) is 0 Å². The minimum absolute atomic E-state index is 0.0616. The maximum atomic E-state index is 12.8. The summed E-state index contributed by atoms with van der Waals surface area (Å²) in [4.78, 5) is 12.8. The molecule has 0 amide bonds. The fraction of sp³-hybridized carbons (Fsp3) is 0.0556. The third-order valence-corrected chi connectivity index (χ3v) is 3.61. The summed E-state index contributed by atoms with van der Waals surface area (Å²) in [6.07, 6.45) is 1.51. The highest BCUT2D eigenvalue weighted by atomic mass is 35.5. The highest BCUT2D eigenvalue weighted by Gasteiger charge is 2.25. The van der Waals surface area contributed by atoms with Crippen LogP contribution in [-0.4, -0.2) is 5.78 Å². The Balaban J connectivity index is 2.07. The molecule has 3 heteroatoms. The van der Waals surface area contributed by atoms with Crippen LogP contribution in [0.2, 0.25) is 5.02 Å². The second-order valence-electron chi connectivity index (χ2n) is 4.74. The van der Waals surface area contributed by atoms with Gasteiger partial charge in [0.1, 0.15) is 0 Å². The zero-order chi connectivity index (χ0) is 14.7. The summed E-state index contributed by atoms with van der Waals surface area (Å²) in [5.74, 6) is -0.0954. The molecule has 104 valence electrons. The summed E-state index contributed by atoms with van der Waals surface area (Å²) >= 11 is 5.94. The van der Waals surface area contributed by atoms with E-state index in [-0.39, 0.29) is 5.78 Å². The number of ketones is 1. The van der Waals surface area contributed by atoms with Gasteiger partial charge in [-0.25, -0.2) is 0 Å². The molecule has 1 heterocycles. The predicted octanol–water partition coefficient (Wildman–Crippen LogP) is 4.95. The Morgan fingerprint density at radius 1 is 0.857 bits per heavy atom. The second-order valence-corrected chi connectivity index (χ2v) is 5.17. The van der Waals surface area contributed by atoms with Gasteiger partial charge in [0, 0.05) is 5.02 Å². The van der Waals surface area contributed by atoms with Gasteiger partial charge in [0.05, 0.1) is 12.2 Å². The van der Waals surface area contributed by atoms with Crippen molar-refractivity contribution < 1.29 is 9.21 Å². The van der Waals surface area contributed by atoms with Crippen molar-refractivity contribution in [2.24, 2.45) is 0 Å². The van der Waals surface area contributed by atoms with E-state index in [9.17, 15) is 4.79 Å². The Bertz CT molecular complexity index is 716. The van der Waals surface area contributed by atoms with E-state index in [1.807, 2.05) is 42.5 Å². The van der Waals surface area contributed by atoms with E-state index in [4.69, 9.17) is 16.0 Å². The number of hydrogen-bond donors (Lipinski definition) is 0. The Hall–Kier alpha value is -2.32. The van der Waals surface area contributed by atoms with Crippen LogP contribution in [0, 0.1) is 0 Å². The Labute approximate surface area is 128 Å². The first-order valence-corrected chi connectivity index (χ1v) is 7.01. The van der Waals surface area contributed by atoms with E-state index in [1.165, 1.54) is 6.26 Å². The lowest BCUT2D eigenvalue weighted by Gasteiger charge is -2.15. The van der Waals surface area contributed by atoms with Crippen LogP contribution in [0.5, 0.6) is 0 Å². The predicted molar refractivity (Wildman–Crippen MR) is 82.8 cm³/mol. The van der Waals surface area contributed by atoms with Crippen molar-refractivity contribution in [3.8, 4) is 0 Å². The summed E-state index contributed by atoms with van der Waals surface area (Å²) in [6.45, 7) is 0. The number of furan rings is 1. The Kier molecular flexibility index (Phi) is 3.89. The Morgan fingerprint density at radius 2 is 1.52 bits per heavy atom. The summed E-state index contributed by atoms with van der Waals surface area (Å²) < 4.78 is 5.27. The fourth-order valence-electron chi connectivity index (χ4n) is 2.36. The van der Waals surface area contributed by atoms with E-state index in [0.717, 1.165) is 11.1 Å². The molecule has 2 aromatic carbocycles. The summed E-state index contributed by atoms with van der Waals surface area (Å²) in [6, 6.07) is 20.4. The van der Waals surface area contributed by atoms with E-state index in [1.54, 1.807) is 24.3 Å². The first kappa shape index (κ1) is 13.7. The number of Topliss-reactive ketones (excluding diaryl/α,β-unsaturated/α-hetero) is 1. The second kappa shape index (κ2) is 5.98. The van der Waals surface area contributed by atoms with E-state index < -0.39 is 5.92 Å². The molecule has 0 unspecified atom stereocenters. The quantitative estimate of drug-likeness (QED) is 0.638. The average molecular weight is 297 g/mol. The first-order valence-electron chi connectivity index (χ1n) is 6.64. The maximum absolute atomic E-state index is 12.8. The molecule has 1 aromatic heterocycles. The van der Waals surface area contributed by atoms with E-state index in [2.05, 4.69) is 0 Å². The van der Waals surface area contributed by atoms with Crippen LogP contribution in [0.4, 0.5) is 0 Å². The molecule has 0 saturated carbocycles. The van der Waals surface area contributed by atoms with Crippen LogP contribution in [0.3, 0.4) is 0 Å². The monoisotopic (exact) mass is 296 g/mol. The standard InChI is InChI=1S/C18H13ClO2/c19-15-10-8-14(9-11-15)17(13-5-2-1-3-6-13)18(20)16-7-4-12-21-16/h1-12,17H/t17-/m0/s1.